The van der Waals surface area contributed by atoms with Gasteiger partial charge in [-0.25, -0.2) is 0 Å². The van der Waals surface area contributed by atoms with Crippen LogP contribution < -0.4 is 0 Å². The van der Waals surface area contributed by atoms with Gasteiger partial charge in [0.1, 0.15) is 14.0 Å². The van der Waals surface area contributed by atoms with E-state index in [4.69, 9.17) is 30.5 Å². The van der Waals surface area contributed by atoms with Gasteiger partial charge in [0, 0.05) is 11.1 Å². The minimum atomic E-state index is -0.668. The molecule has 3 heteroatoms. The lowest BCUT2D eigenvalue weighted by Crippen LogP contribution is -2.18. The van der Waals surface area contributed by atoms with Gasteiger partial charge in [-0.2, -0.15) is 0 Å². The Morgan fingerprint density at radius 1 is 1.42 bits per heavy atom. The van der Waals surface area contributed by atoms with E-state index in [-0.39, 0.29) is 6.61 Å². The summed E-state index contributed by atoms with van der Waals surface area (Å²) >= 11 is 0. The Hall–Kier alpha value is -1.16. The topological polar surface area (TPSA) is 29.5 Å². The third kappa shape index (κ3) is 1.25. The second-order valence-corrected chi connectivity index (χ2v) is 2.34. The lowest BCUT2D eigenvalue weighted by atomic mass is 9.91. The highest BCUT2D eigenvalue weighted by Crippen LogP contribution is 2.24. The maximum Gasteiger partial charge on any atom is 0.116 e. The molecule has 0 saturated heterocycles. The second-order valence-electron chi connectivity index (χ2n) is 2.34. The van der Waals surface area contributed by atoms with E-state index >= 15 is 0 Å². The molecule has 2 radical (unpaired) electrons. The molecule has 1 aliphatic heterocycles. The smallest absolute Gasteiger partial charge is 0.116 e. The van der Waals surface area contributed by atoms with Crippen molar-refractivity contribution >= 4 is 7.85 Å². The molecule has 58 valence electrons. The molecule has 0 bridgehead atoms. The van der Waals surface area contributed by atoms with Gasteiger partial charge in [-0.1, -0.05) is 11.8 Å². The summed E-state index contributed by atoms with van der Waals surface area (Å²) in [5, 5.41) is 8.82. The molecule has 2 nitrogen and oxygen atoms in total. The van der Waals surface area contributed by atoms with Crippen LogP contribution in [0.4, 0.5) is 0 Å². The minimum Gasteiger partial charge on any atom is -0.393 e. The van der Waals surface area contributed by atoms with Crippen molar-refractivity contribution in [2.75, 3.05) is 6.61 Å². The Kier molecular flexibility index (Phi) is 2.60. The van der Waals surface area contributed by atoms with Crippen LogP contribution in [-0.2, 0) is 4.74 Å². The molecule has 1 rings (SSSR count). The number of hydrogen-bond donors (Lipinski definition) is 1. The van der Waals surface area contributed by atoms with Crippen LogP contribution in [0.2, 0.25) is 0 Å². The molecule has 2 unspecified atom stereocenters. The first-order valence-electron chi connectivity index (χ1n) is 3.43. The number of ether oxygens (including phenoxy) is 1. The SMILES string of the molecule is [B]C1OC(CO)C(C#C)=C1C#C. The molecule has 1 aliphatic rings. The molecule has 1 heterocycles. The number of rotatable bonds is 1. The van der Waals surface area contributed by atoms with Gasteiger partial charge in [-0.3, -0.25) is 0 Å². The minimum absolute atomic E-state index is 0.196. The average molecular weight is 158 g/mol. The molecule has 0 aromatic rings. The standard InChI is InChI=1S/C9H7BO2/c1-3-6-7(4-2)9(10)12-8(6)5-11/h1-2,8-9,11H,5H2. The normalized spacial score (nSPS) is 28.2. The molecule has 2 atom stereocenters. The zero-order valence-electron chi connectivity index (χ0n) is 6.45. The summed E-state index contributed by atoms with van der Waals surface area (Å²) in [5.41, 5.74) is 0.934. The second kappa shape index (κ2) is 3.49. The highest BCUT2D eigenvalue weighted by Gasteiger charge is 2.28. The number of terminal acetylenes is 2. The van der Waals surface area contributed by atoms with Crippen LogP contribution >= 0.6 is 0 Å². The Balaban J connectivity index is 3.03. The van der Waals surface area contributed by atoms with Crippen molar-refractivity contribution in [3.05, 3.63) is 11.1 Å². The summed E-state index contributed by atoms with van der Waals surface area (Å²) in [6.45, 7) is -0.196. The molecular weight excluding hydrogens is 151 g/mol. The zero-order valence-corrected chi connectivity index (χ0v) is 6.45. The van der Waals surface area contributed by atoms with Crippen LogP contribution in [0.1, 0.15) is 0 Å². The first-order chi connectivity index (χ1) is 5.74. The van der Waals surface area contributed by atoms with Crippen molar-refractivity contribution in [3.63, 3.8) is 0 Å². The predicted molar refractivity (Wildman–Crippen MR) is 46.2 cm³/mol. The van der Waals surface area contributed by atoms with Gasteiger partial charge < -0.3 is 9.84 Å². The van der Waals surface area contributed by atoms with E-state index in [0.29, 0.717) is 11.1 Å². The van der Waals surface area contributed by atoms with Crippen molar-refractivity contribution in [1.29, 1.82) is 0 Å². The highest BCUT2D eigenvalue weighted by molar-refractivity contribution is 6.14. The fourth-order valence-electron chi connectivity index (χ4n) is 1.10. The molecule has 0 aromatic carbocycles. The molecule has 0 saturated carbocycles. The highest BCUT2D eigenvalue weighted by atomic mass is 16.5. The van der Waals surface area contributed by atoms with E-state index in [9.17, 15) is 0 Å². The van der Waals surface area contributed by atoms with Gasteiger partial charge in [0.2, 0.25) is 0 Å². The number of aliphatic hydroxyl groups is 1. The first-order valence-corrected chi connectivity index (χ1v) is 3.43. The molecule has 12 heavy (non-hydrogen) atoms. The van der Waals surface area contributed by atoms with Crippen LogP contribution in [0, 0.1) is 24.7 Å². The molecule has 0 aromatic heterocycles. The Labute approximate surface area is 73.0 Å². The number of hydrogen-bond acceptors (Lipinski definition) is 2. The van der Waals surface area contributed by atoms with Crippen LogP contribution in [0.3, 0.4) is 0 Å². The molecule has 0 spiro atoms. The van der Waals surface area contributed by atoms with E-state index in [1.807, 2.05) is 0 Å². The van der Waals surface area contributed by atoms with Crippen molar-refractivity contribution < 1.29 is 9.84 Å². The third-order valence-electron chi connectivity index (χ3n) is 1.68. The summed E-state index contributed by atoms with van der Waals surface area (Å²) in [5.74, 6) is 4.72. The lowest BCUT2D eigenvalue weighted by Gasteiger charge is -2.08. The van der Waals surface area contributed by atoms with Crippen LogP contribution in [0.15, 0.2) is 11.1 Å². The van der Waals surface area contributed by atoms with E-state index in [1.54, 1.807) is 0 Å². The van der Waals surface area contributed by atoms with Gasteiger partial charge >= 0.3 is 0 Å². The van der Waals surface area contributed by atoms with Crippen molar-refractivity contribution in [1.82, 2.24) is 0 Å². The first kappa shape index (κ1) is 8.94. The lowest BCUT2D eigenvalue weighted by molar-refractivity contribution is 0.0536. The fraction of sp³-hybridized carbons (Fsp3) is 0.333. The zero-order chi connectivity index (χ0) is 9.14. The molecular formula is C9H7BO2. The van der Waals surface area contributed by atoms with Crippen molar-refractivity contribution in [2.24, 2.45) is 0 Å². The van der Waals surface area contributed by atoms with Crippen LogP contribution in [-0.4, -0.2) is 31.7 Å². The summed E-state index contributed by atoms with van der Waals surface area (Å²) in [6.07, 6.45) is 9.81. The van der Waals surface area contributed by atoms with E-state index in [2.05, 4.69) is 11.8 Å². The van der Waals surface area contributed by atoms with E-state index in [0.717, 1.165) is 0 Å². The Morgan fingerprint density at radius 2 is 2.00 bits per heavy atom. The largest absolute Gasteiger partial charge is 0.393 e. The predicted octanol–water partition coefficient (Wildman–Crippen LogP) is -0.565. The summed E-state index contributed by atoms with van der Waals surface area (Å²) < 4.78 is 5.09. The van der Waals surface area contributed by atoms with Crippen molar-refractivity contribution in [3.8, 4) is 24.7 Å². The Bertz CT molecular complexity index is 293. The Morgan fingerprint density at radius 3 is 2.42 bits per heavy atom. The van der Waals surface area contributed by atoms with Crippen LogP contribution in [0.5, 0.6) is 0 Å². The van der Waals surface area contributed by atoms with Gasteiger partial charge in [-0.15, -0.1) is 12.8 Å². The van der Waals surface area contributed by atoms with Gasteiger partial charge in [-0.05, 0) is 0 Å². The average Bonchev–Trinajstić information content (AvgIpc) is 2.40. The van der Waals surface area contributed by atoms with Gasteiger partial charge in [0.15, 0.2) is 0 Å². The summed E-state index contributed by atoms with van der Waals surface area (Å²) in [4.78, 5) is 0. The van der Waals surface area contributed by atoms with Crippen molar-refractivity contribution in [2.45, 2.75) is 12.1 Å². The summed E-state index contributed by atoms with van der Waals surface area (Å²) in [6, 6.07) is -0.668. The molecule has 0 fully saturated rings. The van der Waals surface area contributed by atoms with Gasteiger partial charge in [0.25, 0.3) is 0 Å². The fourth-order valence-corrected chi connectivity index (χ4v) is 1.10. The maximum absolute atomic E-state index is 8.82. The van der Waals surface area contributed by atoms with Crippen LogP contribution in [0.25, 0.3) is 0 Å². The molecule has 0 aliphatic carbocycles. The summed E-state index contributed by atoms with van der Waals surface area (Å²) in [7, 11) is 5.49. The van der Waals surface area contributed by atoms with E-state index in [1.165, 1.54) is 0 Å². The quantitative estimate of drug-likeness (QED) is 0.409. The maximum atomic E-state index is 8.82. The van der Waals surface area contributed by atoms with Gasteiger partial charge in [0.05, 0.1) is 12.6 Å². The molecule has 0 amide bonds. The number of aliphatic hydroxyl groups excluding tert-OH is 1. The van der Waals surface area contributed by atoms with E-state index < -0.39 is 12.1 Å². The monoisotopic (exact) mass is 158 g/mol. The third-order valence-corrected chi connectivity index (χ3v) is 1.68. The molecule has 1 N–H and O–H groups in total.